The number of benzene rings is 1. The fourth-order valence-electron chi connectivity index (χ4n) is 3.36. The quantitative estimate of drug-likeness (QED) is 0.404. The van der Waals surface area contributed by atoms with E-state index in [1.54, 1.807) is 45.1 Å². The van der Waals surface area contributed by atoms with Crippen molar-refractivity contribution in [1.82, 2.24) is 19.7 Å². The highest BCUT2D eigenvalue weighted by Crippen LogP contribution is 2.36. The third-order valence-electron chi connectivity index (χ3n) is 4.98. The number of aromatic nitrogens is 4. The van der Waals surface area contributed by atoms with Gasteiger partial charge in [0, 0.05) is 36.8 Å². The van der Waals surface area contributed by atoms with E-state index in [4.69, 9.17) is 19.3 Å². The number of nitrogens with one attached hydrogen (secondary N) is 1. The molecule has 0 radical (unpaired) electrons. The summed E-state index contributed by atoms with van der Waals surface area (Å²) in [6.45, 7) is 3.23. The van der Waals surface area contributed by atoms with Crippen LogP contribution in [0.2, 0.25) is 0 Å². The van der Waals surface area contributed by atoms with Crippen LogP contribution in [0.1, 0.15) is 16.8 Å². The Morgan fingerprint density at radius 2 is 1.69 bits per heavy atom. The summed E-state index contributed by atoms with van der Waals surface area (Å²) in [5, 5.41) is 8.94. The lowest BCUT2D eigenvalue weighted by atomic mass is 10.1. The van der Waals surface area contributed by atoms with Crippen LogP contribution in [0.4, 0.5) is 5.13 Å². The number of rotatable bonds is 9. The van der Waals surface area contributed by atoms with Crippen LogP contribution in [-0.4, -0.2) is 41.1 Å². The van der Waals surface area contributed by atoms with E-state index >= 15 is 0 Å². The van der Waals surface area contributed by atoms with Crippen LogP contribution in [0.15, 0.2) is 48.9 Å². The maximum absolute atomic E-state index is 5.52. The molecule has 0 unspecified atom stereocenters. The summed E-state index contributed by atoms with van der Waals surface area (Å²) in [4.78, 5) is 9.78. The van der Waals surface area contributed by atoms with Crippen LogP contribution in [0.3, 0.4) is 0 Å². The SMILES string of the molecule is COc1cc(OC)c(OC)cc1CNc1nc(C)c(-c2ccn(Cc3ccncc3)n2)s1. The van der Waals surface area contributed by atoms with E-state index in [0.717, 1.165) is 38.3 Å². The lowest BCUT2D eigenvalue weighted by Crippen LogP contribution is -2.03. The molecule has 0 atom stereocenters. The van der Waals surface area contributed by atoms with Gasteiger partial charge in [-0.2, -0.15) is 5.10 Å². The van der Waals surface area contributed by atoms with Crippen molar-refractivity contribution in [2.75, 3.05) is 26.6 Å². The van der Waals surface area contributed by atoms with Crippen LogP contribution in [0.25, 0.3) is 10.6 Å². The molecule has 3 aromatic heterocycles. The van der Waals surface area contributed by atoms with E-state index < -0.39 is 0 Å². The van der Waals surface area contributed by atoms with Gasteiger partial charge in [-0.1, -0.05) is 11.3 Å². The molecule has 0 spiro atoms. The van der Waals surface area contributed by atoms with Gasteiger partial charge in [-0.15, -0.1) is 0 Å². The zero-order valence-corrected chi connectivity index (χ0v) is 19.3. The smallest absolute Gasteiger partial charge is 0.183 e. The van der Waals surface area contributed by atoms with Crippen molar-refractivity contribution in [3.63, 3.8) is 0 Å². The minimum absolute atomic E-state index is 0.534. The summed E-state index contributed by atoms with van der Waals surface area (Å²) in [7, 11) is 4.86. The molecule has 4 rings (SSSR count). The zero-order chi connectivity index (χ0) is 22.5. The first-order valence-electron chi connectivity index (χ1n) is 10.0. The van der Waals surface area contributed by atoms with Gasteiger partial charge in [0.25, 0.3) is 0 Å². The van der Waals surface area contributed by atoms with Crippen LogP contribution >= 0.6 is 11.3 Å². The van der Waals surface area contributed by atoms with E-state index in [2.05, 4.69) is 15.3 Å². The van der Waals surface area contributed by atoms with Gasteiger partial charge < -0.3 is 19.5 Å². The van der Waals surface area contributed by atoms with Gasteiger partial charge in [-0.25, -0.2) is 4.98 Å². The van der Waals surface area contributed by atoms with Crippen molar-refractivity contribution in [2.45, 2.75) is 20.0 Å². The summed E-state index contributed by atoms with van der Waals surface area (Å²) in [6.07, 6.45) is 5.56. The van der Waals surface area contributed by atoms with Gasteiger partial charge in [-0.3, -0.25) is 9.67 Å². The number of thiazole rings is 1. The first-order valence-corrected chi connectivity index (χ1v) is 10.9. The van der Waals surface area contributed by atoms with E-state index in [-0.39, 0.29) is 0 Å². The lowest BCUT2D eigenvalue weighted by molar-refractivity contribution is 0.347. The molecule has 0 bridgehead atoms. The highest BCUT2D eigenvalue weighted by atomic mass is 32.1. The van der Waals surface area contributed by atoms with Crippen molar-refractivity contribution < 1.29 is 14.2 Å². The minimum atomic E-state index is 0.534. The van der Waals surface area contributed by atoms with Crippen LogP contribution in [0, 0.1) is 6.92 Å². The molecule has 0 saturated carbocycles. The number of pyridine rings is 1. The Hall–Kier alpha value is -3.59. The molecule has 0 fully saturated rings. The number of hydrogen-bond donors (Lipinski definition) is 1. The van der Waals surface area contributed by atoms with Gasteiger partial charge in [-0.05, 0) is 36.8 Å². The lowest BCUT2D eigenvalue weighted by Gasteiger charge is -2.14. The second-order valence-electron chi connectivity index (χ2n) is 7.06. The summed E-state index contributed by atoms with van der Waals surface area (Å²) in [5.41, 5.74) is 3.94. The van der Waals surface area contributed by atoms with E-state index in [0.29, 0.717) is 24.6 Å². The molecule has 8 nitrogen and oxygen atoms in total. The summed E-state index contributed by atoms with van der Waals surface area (Å²) >= 11 is 1.58. The second kappa shape index (κ2) is 9.69. The molecule has 0 amide bonds. The Kier molecular flexibility index (Phi) is 6.55. The molecule has 0 aliphatic heterocycles. The highest BCUT2D eigenvalue weighted by Gasteiger charge is 2.15. The van der Waals surface area contributed by atoms with Gasteiger partial charge in [0.1, 0.15) is 11.4 Å². The summed E-state index contributed by atoms with van der Waals surface area (Å²) < 4.78 is 18.2. The van der Waals surface area contributed by atoms with E-state index in [9.17, 15) is 0 Å². The topological polar surface area (TPSA) is 83.3 Å². The molecule has 32 heavy (non-hydrogen) atoms. The molecule has 0 aliphatic carbocycles. The Morgan fingerprint density at radius 3 is 2.41 bits per heavy atom. The van der Waals surface area contributed by atoms with Crippen molar-refractivity contribution >= 4 is 16.5 Å². The summed E-state index contributed by atoms with van der Waals surface area (Å²) in [5.74, 6) is 2.00. The number of methoxy groups -OCH3 is 3. The average molecular weight is 452 g/mol. The molecule has 1 aromatic carbocycles. The minimum Gasteiger partial charge on any atom is -0.496 e. The number of nitrogens with zero attached hydrogens (tertiary/aromatic N) is 4. The maximum atomic E-state index is 5.52. The molecular formula is C23H25N5O3S. The molecule has 4 aromatic rings. The van der Waals surface area contributed by atoms with Crippen molar-refractivity contribution in [3.05, 3.63) is 65.7 Å². The standard InChI is InChI=1S/C23H25N5O3S/c1-15-22(18-7-10-28(27-18)14-16-5-8-24-9-6-16)32-23(26-15)25-13-17-11-20(30-3)21(31-4)12-19(17)29-2/h5-12H,13-14H2,1-4H3,(H,25,26). The molecule has 9 heteroatoms. The van der Waals surface area contributed by atoms with E-state index in [1.807, 2.05) is 48.1 Å². The van der Waals surface area contributed by atoms with Crippen molar-refractivity contribution in [2.24, 2.45) is 0 Å². The van der Waals surface area contributed by atoms with Crippen molar-refractivity contribution in [3.8, 4) is 27.8 Å². The normalized spacial score (nSPS) is 10.8. The Labute approximate surface area is 190 Å². The van der Waals surface area contributed by atoms with Crippen molar-refractivity contribution in [1.29, 1.82) is 0 Å². The molecule has 1 N–H and O–H groups in total. The zero-order valence-electron chi connectivity index (χ0n) is 18.5. The Balaban J connectivity index is 1.49. The Bertz CT molecular complexity index is 1190. The largest absolute Gasteiger partial charge is 0.496 e. The van der Waals surface area contributed by atoms with Crippen LogP contribution < -0.4 is 19.5 Å². The molecule has 0 saturated heterocycles. The van der Waals surface area contributed by atoms with Gasteiger partial charge in [0.2, 0.25) is 0 Å². The maximum Gasteiger partial charge on any atom is 0.183 e. The summed E-state index contributed by atoms with van der Waals surface area (Å²) in [6, 6.07) is 9.73. The predicted molar refractivity (Wildman–Crippen MR) is 125 cm³/mol. The predicted octanol–water partition coefficient (Wildman–Crippen LogP) is 4.40. The molecular weight excluding hydrogens is 426 g/mol. The number of aryl methyl sites for hydroxylation is 1. The first-order chi connectivity index (χ1) is 15.6. The average Bonchev–Trinajstić information content (AvgIpc) is 3.43. The Morgan fingerprint density at radius 1 is 0.969 bits per heavy atom. The number of anilines is 1. The fourth-order valence-corrected chi connectivity index (χ4v) is 4.28. The van der Waals surface area contributed by atoms with Gasteiger partial charge in [0.05, 0.1) is 38.4 Å². The number of hydrogen-bond acceptors (Lipinski definition) is 8. The third-order valence-corrected chi connectivity index (χ3v) is 6.12. The van der Waals surface area contributed by atoms with Gasteiger partial charge >= 0.3 is 0 Å². The monoisotopic (exact) mass is 451 g/mol. The third kappa shape index (κ3) is 4.67. The highest BCUT2D eigenvalue weighted by molar-refractivity contribution is 7.19. The van der Waals surface area contributed by atoms with Crippen LogP contribution in [0.5, 0.6) is 17.2 Å². The van der Waals surface area contributed by atoms with Crippen LogP contribution in [-0.2, 0) is 13.1 Å². The fraction of sp³-hybridized carbons (Fsp3) is 0.261. The number of ether oxygens (including phenoxy) is 3. The van der Waals surface area contributed by atoms with Gasteiger partial charge in [0.15, 0.2) is 16.6 Å². The molecule has 166 valence electrons. The first kappa shape index (κ1) is 21.6. The molecule has 3 heterocycles. The van der Waals surface area contributed by atoms with E-state index in [1.165, 1.54) is 0 Å². The molecule has 0 aliphatic rings. The second-order valence-corrected chi connectivity index (χ2v) is 8.06.